The minimum atomic E-state index is -0.716. The lowest BCUT2D eigenvalue weighted by molar-refractivity contribution is 0.340. The molecule has 0 aromatic rings. The molecule has 2 unspecified atom stereocenters. The van der Waals surface area contributed by atoms with Gasteiger partial charge in [-0.15, -0.1) is 0 Å². The maximum atomic E-state index is 11.6. The van der Waals surface area contributed by atoms with Crippen molar-refractivity contribution in [2.75, 3.05) is 31.9 Å². The van der Waals surface area contributed by atoms with Crippen molar-refractivity contribution in [1.82, 2.24) is 4.90 Å². The molecule has 1 rings (SSSR count). The van der Waals surface area contributed by atoms with E-state index in [1.807, 2.05) is 6.92 Å². The van der Waals surface area contributed by atoms with Gasteiger partial charge in [0.15, 0.2) is 0 Å². The average Bonchev–Trinajstić information content (AvgIpc) is 2.69. The van der Waals surface area contributed by atoms with Crippen LogP contribution in [0.15, 0.2) is 0 Å². The minimum absolute atomic E-state index is 0.161. The largest absolute Gasteiger partial charge is 0.329 e. The molecule has 2 N–H and O–H groups in total. The van der Waals surface area contributed by atoms with Crippen molar-refractivity contribution in [1.29, 1.82) is 0 Å². The van der Waals surface area contributed by atoms with Gasteiger partial charge in [-0.05, 0) is 45.8 Å². The van der Waals surface area contributed by atoms with E-state index in [1.54, 1.807) is 0 Å². The lowest BCUT2D eigenvalue weighted by atomic mass is 10.4. The van der Waals surface area contributed by atoms with Gasteiger partial charge in [-0.25, -0.2) is 0 Å². The van der Waals surface area contributed by atoms with E-state index < -0.39 is 10.8 Å². The maximum Gasteiger partial charge on any atom is 0.0442 e. The van der Waals surface area contributed by atoms with Gasteiger partial charge in [-0.3, -0.25) is 4.21 Å². The second-order valence-electron chi connectivity index (χ2n) is 4.03. The van der Waals surface area contributed by atoms with Crippen LogP contribution in [-0.4, -0.2) is 46.3 Å². The lowest BCUT2D eigenvalue weighted by Crippen LogP contribution is -2.26. The molecule has 0 bridgehead atoms. The molecule has 4 heteroatoms. The van der Waals surface area contributed by atoms with Gasteiger partial charge < -0.3 is 10.6 Å². The molecule has 1 fully saturated rings. The van der Waals surface area contributed by atoms with Crippen LogP contribution in [-0.2, 0) is 10.8 Å². The van der Waals surface area contributed by atoms with Crippen LogP contribution in [0.4, 0.5) is 0 Å². The van der Waals surface area contributed by atoms with E-state index in [9.17, 15) is 4.21 Å². The quantitative estimate of drug-likeness (QED) is 0.709. The van der Waals surface area contributed by atoms with Gasteiger partial charge in [0.2, 0.25) is 0 Å². The van der Waals surface area contributed by atoms with Gasteiger partial charge in [0, 0.05) is 28.3 Å². The third kappa shape index (κ3) is 4.07. The summed E-state index contributed by atoms with van der Waals surface area (Å²) < 4.78 is 11.6. The molecule has 3 nitrogen and oxygen atoms in total. The second-order valence-corrected chi connectivity index (χ2v) is 6.01. The van der Waals surface area contributed by atoms with E-state index in [4.69, 9.17) is 5.73 Å². The first-order chi connectivity index (χ1) is 6.74. The summed E-state index contributed by atoms with van der Waals surface area (Å²) in [6, 6.07) is 0. The summed E-state index contributed by atoms with van der Waals surface area (Å²) in [4.78, 5) is 2.46. The van der Waals surface area contributed by atoms with Crippen LogP contribution in [0.1, 0.15) is 26.2 Å². The summed E-state index contributed by atoms with van der Waals surface area (Å²) in [5.74, 6) is 0.814. The van der Waals surface area contributed by atoms with Gasteiger partial charge in [0.25, 0.3) is 0 Å². The van der Waals surface area contributed by atoms with Gasteiger partial charge >= 0.3 is 0 Å². The van der Waals surface area contributed by atoms with Gasteiger partial charge in [-0.2, -0.15) is 0 Å². The molecule has 0 radical (unpaired) electrons. The zero-order valence-corrected chi connectivity index (χ0v) is 9.89. The first-order valence-corrected chi connectivity index (χ1v) is 6.92. The van der Waals surface area contributed by atoms with Crippen LogP contribution in [0, 0.1) is 0 Å². The monoisotopic (exact) mass is 218 g/mol. The molecule has 1 aliphatic heterocycles. The standard InChI is InChI=1S/C10H22N2OS/c1-10(9-11)14(13)8-4-7-12-5-2-3-6-12/h10H,2-9,11H2,1H3. The SMILES string of the molecule is CC(CN)S(=O)CCCN1CCCC1. The normalized spacial score (nSPS) is 22.4. The fourth-order valence-electron chi connectivity index (χ4n) is 1.75. The molecular weight excluding hydrogens is 196 g/mol. The highest BCUT2D eigenvalue weighted by molar-refractivity contribution is 7.85. The number of hydrogen-bond acceptors (Lipinski definition) is 3. The van der Waals surface area contributed by atoms with Crippen LogP contribution >= 0.6 is 0 Å². The van der Waals surface area contributed by atoms with Crippen molar-refractivity contribution < 1.29 is 4.21 Å². The highest BCUT2D eigenvalue weighted by Gasteiger charge is 2.12. The Hall–Kier alpha value is 0.0700. The Kier molecular flexibility index (Phi) is 5.67. The molecule has 1 aliphatic rings. The molecule has 0 aliphatic carbocycles. The van der Waals surface area contributed by atoms with Crippen LogP contribution < -0.4 is 5.73 Å². The molecule has 0 spiro atoms. The van der Waals surface area contributed by atoms with Crippen LogP contribution in [0.5, 0.6) is 0 Å². The van der Waals surface area contributed by atoms with Gasteiger partial charge in [-0.1, -0.05) is 0 Å². The Morgan fingerprint density at radius 1 is 1.43 bits per heavy atom. The third-order valence-corrected chi connectivity index (χ3v) is 4.58. The topological polar surface area (TPSA) is 46.3 Å². The smallest absolute Gasteiger partial charge is 0.0442 e. The first-order valence-electron chi connectivity index (χ1n) is 5.53. The average molecular weight is 218 g/mol. The van der Waals surface area contributed by atoms with Crippen LogP contribution in [0.3, 0.4) is 0 Å². The Morgan fingerprint density at radius 2 is 2.07 bits per heavy atom. The fraction of sp³-hybridized carbons (Fsp3) is 1.00. The summed E-state index contributed by atoms with van der Waals surface area (Å²) in [5.41, 5.74) is 5.46. The minimum Gasteiger partial charge on any atom is -0.329 e. The lowest BCUT2D eigenvalue weighted by Gasteiger charge is -2.14. The van der Waals surface area contributed by atoms with Crippen molar-refractivity contribution in [3.63, 3.8) is 0 Å². The van der Waals surface area contributed by atoms with Gasteiger partial charge in [0.05, 0.1) is 0 Å². The summed E-state index contributed by atoms with van der Waals surface area (Å²) in [6.45, 7) is 6.09. The molecule has 14 heavy (non-hydrogen) atoms. The molecule has 0 aromatic carbocycles. The van der Waals surface area contributed by atoms with E-state index in [0.717, 1.165) is 18.7 Å². The molecule has 0 amide bonds. The van der Waals surface area contributed by atoms with Crippen molar-refractivity contribution in [2.24, 2.45) is 5.73 Å². The van der Waals surface area contributed by atoms with Crippen molar-refractivity contribution in [3.05, 3.63) is 0 Å². The predicted octanol–water partition coefficient (Wildman–Crippen LogP) is 0.568. The molecule has 84 valence electrons. The summed E-state index contributed by atoms with van der Waals surface area (Å²) in [7, 11) is -0.716. The van der Waals surface area contributed by atoms with E-state index in [1.165, 1.54) is 25.9 Å². The third-order valence-electron chi connectivity index (χ3n) is 2.80. The highest BCUT2D eigenvalue weighted by Crippen LogP contribution is 2.08. The molecule has 0 saturated carbocycles. The number of likely N-dealkylation sites (tertiary alicyclic amines) is 1. The van der Waals surface area contributed by atoms with Crippen LogP contribution in [0.2, 0.25) is 0 Å². The number of hydrogen-bond donors (Lipinski definition) is 1. The first kappa shape index (κ1) is 12.1. The Labute approximate surface area is 89.5 Å². The molecular formula is C10H22N2OS. The zero-order valence-electron chi connectivity index (χ0n) is 9.08. The Bertz CT molecular complexity index is 181. The number of nitrogens with two attached hydrogens (primary N) is 1. The molecule has 1 saturated heterocycles. The molecule has 2 atom stereocenters. The van der Waals surface area contributed by atoms with Crippen molar-refractivity contribution in [2.45, 2.75) is 31.4 Å². The predicted molar refractivity (Wildman–Crippen MR) is 61.8 cm³/mol. The Balaban J connectivity index is 2.05. The Morgan fingerprint density at radius 3 is 2.64 bits per heavy atom. The second kappa shape index (κ2) is 6.53. The maximum absolute atomic E-state index is 11.6. The molecule has 1 heterocycles. The van der Waals surface area contributed by atoms with E-state index >= 15 is 0 Å². The van der Waals surface area contributed by atoms with Crippen molar-refractivity contribution >= 4 is 10.8 Å². The van der Waals surface area contributed by atoms with E-state index in [-0.39, 0.29) is 5.25 Å². The van der Waals surface area contributed by atoms with E-state index in [2.05, 4.69) is 4.90 Å². The summed E-state index contributed by atoms with van der Waals surface area (Å²) in [5, 5.41) is 0.161. The zero-order chi connectivity index (χ0) is 10.4. The van der Waals surface area contributed by atoms with Crippen molar-refractivity contribution in [3.8, 4) is 0 Å². The fourth-order valence-corrected chi connectivity index (χ4v) is 2.78. The molecule has 0 aromatic heterocycles. The summed E-state index contributed by atoms with van der Waals surface area (Å²) >= 11 is 0. The van der Waals surface area contributed by atoms with E-state index in [0.29, 0.717) is 6.54 Å². The number of nitrogens with zero attached hydrogens (tertiary/aromatic N) is 1. The highest BCUT2D eigenvalue weighted by atomic mass is 32.2. The van der Waals surface area contributed by atoms with Gasteiger partial charge in [0.1, 0.15) is 0 Å². The van der Waals surface area contributed by atoms with Crippen LogP contribution in [0.25, 0.3) is 0 Å². The summed E-state index contributed by atoms with van der Waals surface area (Å²) in [6.07, 6.45) is 3.72. The number of rotatable bonds is 6.